The number of amidine groups is 1. The van der Waals surface area contributed by atoms with Crippen molar-refractivity contribution in [2.75, 3.05) is 20.2 Å². The fourth-order valence-electron chi connectivity index (χ4n) is 3.04. The summed E-state index contributed by atoms with van der Waals surface area (Å²) in [5.74, 6) is -3.24. The second-order valence-corrected chi connectivity index (χ2v) is 7.54. The van der Waals surface area contributed by atoms with E-state index in [9.17, 15) is 18.0 Å². The molecule has 2 aromatic rings. The maximum absolute atomic E-state index is 12.0. The molecule has 1 aromatic heterocycles. The number of carbonyl (C=O) groups is 1. The Kier molecular flexibility index (Phi) is 7.48. The van der Waals surface area contributed by atoms with Gasteiger partial charge >= 0.3 is 5.97 Å². The summed E-state index contributed by atoms with van der Waals surface area (Å²) in [7, 11) is 1.39. The van der Waals surface area contributed by atoms with Crippen LogP contribution in [0.3, 0.4) is 0 Å². The lowest BCUT2D eigenvalue weighted by Crippen LogP contribution is -2.36. The Morgan fingerprint density at radius 1 is 1.37 bits per heavy atom. The molecule has 1 saturated heterocycles. The van der Waals surface area contributed by atoms with Crippen molar-refractivity contribution in [2.45, 2.75) is 12.5 Å². The number of nitrogens with two attached hydrogens (primary N) is 1. The molecule has 2 aliphatic heterocycles. The third-order valence-electron chi connectivity index (χ3n) is 4.35. The number of thiazole rings is 1. The van der Waals surface area contributed by atoms with Crippen LogP contribution in [0.4, 0.5) is 13.2 Å². The molecule has 1 atom stereocenters. The summed E-state index contributed by atoms with van der Waals surface area (Å²) in [6, 6.07) is 2.99. The van der Waals surface area contributed by atoms with Gasteiger partial charge in [-0.2, -0.15) is 0 Å². The number of fused-ring (bicyclic) bond motifs is 1. The monoisotopic (exact) mass is 457 g/mol. The molecular weight excluding hydrogens is 439 g/mol. The smallest absolute Gasteiger partial charge is 0.337 e. The van der Waals surface area contributed by atoms with Crippen molar-refractivity contribution in [3.05, 3.63) is 63.5 Å². The molecule has 0 radical (unpaired) electrons. The summed E-state index contributed by atoms with van der Waals surface area (Å²) in [5.41, 5.74) is 1.57. The molecule has 3 heterocycles. The topological polar surface area (TPSA) is 92.8 Å². The fraction of sp³-hybridized carbons (Fsp3) is 0.278. The quantitative estimate of drug-likeness (QED) is 0.414. The second kappa shape index (κ2) is 10.1. The normalized spacial score (nSPS) is 17.8. The van der Waals surface area contributed by atoms with Crippen molar-refractivity contribution in [3.63, 3.8) is 0 Å². The number of aromatic nitrogens is 1. The van der Waals surface area contributed by atoms with Crippen molar-refractivity contribution in [3.8, 4) is 0 Å². The zero-order valence-electron chi connectivity index (χ0n) is 15.8. The number of nitrogens with one attached hydrogen (secondary N) is 1. The van der Waals surface area contributed by atoms with Crippen molar-refractivity contribution in [1.29, 1.82) is 0 Å². The number of methoxy groups -OCH3 is 1. The molecule has 160 valence electrons. The van der Waals surface area contributed by atoms with Gasteiger partial charge in [0.15, 0.2) is 28.3 Å². The van der Waals surface area contributed by atoms with Crippen LogP contribution < -0.4 is 9.86 Å². The number of hydrogen-bond acceptors (Lipinski definition) is 9. The number of halogens is 3. The lowest BCUT2D eigenvalue weighted by molar-refractivity contribution is -0.136. The largest absolute Gasteiger partial charge is 0.466 e. The van der Waals surface area contributed by atoms with Crippen molar-refractivity contribution in [1.82, 2.24) is 14.6 Å². The molecule has 12 heteroatoms. The maximum atomic E-state index is 12.0. The van der Waals surface area contributed by atoms with Gasteiger partial charge in [-0.3, -0.25) is 10.1 Å². The highest BCUT2D eigenvalue weighted by molar-refractivity contribution is 7.95. The Morgan fingerprint density at radius 2 is 2.10 bits per heavy atom. The number of aliphatic imine (C=N–C) groups is 1. The summed E-state index contributed by atoms with van der Waals surface area (Å²) < 4.78 is 43.9. The third kappa shape index (κ3) is 4.83. The van der Waals surface area contributed by atoms with Crippen LogP contribution in [-0.4, -0.2) is 47.9 Å². The molecule has 30 heavy (non-hydrogen) atoms. The van der Waals surface area contributed by atoms with Gasteiger partial charge in [0.1, 0.15) is 0 Å². The van der Waals surface area contributed by atoms with Crippen LogP contribution in [0.2, 0.25) is 0 Å². The SMILES string of the molecule is COC(=O)C1=C2CC(NSN)CN2C(c2nccs2)=NC1.Fc1cccc(F)c1F. The van der Waals surface area contributed by atoms with Crippen molar-refractivity contribution >= 4 is 35.3 Å². The molecule has 7 nitrogen and oxygen atoms in total. The minimum Gasteiger partial charge on any atom is -0.466 e. The molecule has 0 spiro atoms. The van der Waals surface area contributed by atoms with E-state index in [-0.39, 0.29) is 12.0 Å². The predicted molar refractivity (Wildman–Crippen MR) is 109 cm³/mol. The number of rotatable bonds is 4. The van der Waals surface area contributed by atoms with Crippen LogP contribution in [0.5, 0.6) is 0 Å². The molecule has 1 unspecified atom stereocenters. The van der Waals surface area contributed by atoms with Crippen LogP contribution in [0, 0.1) is 17.5 Å². The standard InChI is InChI=1S/C12H15N5O2S2.C6H3F3/c1-19-12(18)8-5-15-10(11-14-2-3-20-11)17-6-7(16-21-13)4-9(8)17;7-4-2-1-3-5(8)6(4)9/h2-3,7,16H,4-6,13H2,1H3;1-3H. The first-order valence-corrected chi connectivity index (χ1v) is 10.4. The lowest BCUT2D eigenvalue weighted by Gasteiger charge is -2.26. The van der Waals surface area contributed by atoms with E-state index in [1.54, 1.807) is 6.20 Å². The zero-order chi connectivity index (χ0) is 21.7. The Morgan fingerprint density at radius 3 is 2.67 bits per heavy atom. The van der Waals surface area contributed by atoms with Gasteiger partial charge < -0.3 is 9.64 Å². The average Bonchev–Trinajstić information content (AvgIpc) is 3.41. The summed E-state index contributed by atoms with van der Waals surface area (Å²) >= 11 is 2.63. The second-order valence-electron chi connectivity index (χ2n) is 6.18. The minimum atomic E-state index is -1.42. The van der Waals surface area contributed by atoms with Crippen molar-refractivity contribution < 1.29 is 22.7 Å². The van der Waals surface area contributed by atoms with E-state index in [1.807, 2.05) is 10.3 Å². The van der Waals surface area contributed by atoms with Gasteiger partial charge in [-0.05, 0) is 12.1 Å². The van der Waals surface area contributed by atoms with Crippen LogP contribution in [0.1, 0.15) is 11.4 Å². The van der Waals surface area contributed by atoms with E-state index in [2.05, 4.69) is 14.7 Å². The first-order chi connectivity index (χ1) is 14.5. The van der Waals surface area contributed by atoms with Gasteiger partial charge in [-0.25, -0.2) is 27.7 Å². The lowest BCUT2D eigenvalue weighted by atomic mass is 10.1. The Bertz CT molecular complexity index is 948. The Hall–Kier alpha value is -2.41. The highest BCUT2D eigenvalue weighted by atomic mass is 32.2. The van der Waals surface area contributed by atoms with Gasteiger partial charge in [0, 0.05) is 48.4 Å². The highest BCUT2D eigenvalue weighted by Crippen LogP contribution is 2.31. The molecule has 3 N–H and O–H groups in total. The van der Waals surface area contributed by atoms with E-state index in [1.165, 1.54) is 18.4 Å². The average molecular weight is 458 g/mol. The zero-order valence-corrected chi connectivity index (χ0v) is 17.4. The molecule has 0 amide bonds. The van der Waals surface area contributed by atoms with Crippen molar-refractivity contribution in [2.24, 2.45) is 10.1 Å². The van der Waals surface area contributed by atoms with E-state index < -0.39 is 17.5 Å². The van der Waals surface area contributed by atoms with Gasteiger partial charge in [0.2, 0.25) is 0 Å². The van der Waals surface area contributed by atoms with Crippen LogP contribution in [0.25, 0.3) is 0 Å². The van der Waals surface area contributed by atoms with Crippen LogP contribution in [0.15, 0.2) is 46.0 Å². The van der Waals surface area contributed by atoms with Gasteiger partial charge in [-0.1, -0.05) is 6.07 Å². The van der Waals surface area contributed by atoms with E-state index in [4.69, 9.17) is 9.88 Å². The molecule has 1 fully saturated rings. The predicted octanol–water partition coefficient (Wildman–Crippen LogP) is 2.62. The molecule has 0 saturated carbocycles. The van der Waals surface area contributed by atoms with Crippen LogP contribution >= 0.6 is 23.5 Å². The number of nitrogens with zero attached hydrogens (tertiary/aromatic N) is 3. The Labute approximate surface area is 179 Å². The summed E-state index contributed by atoms with van der Waals surface area (Å²) in [6.45, 7) is 1.04. The summed E-state index contributed by atoms with van der Waals surface area (Å²) in [6.07, 6.45) is 2.47. The van der Waals surface area contributed by atoms with E-state index >= 15 is 0 Å². The molecule has 0 aliphatic carbocycles. The minimum absolute atomic E-state index is 0.165. The third-order valence-corrected chi connectivity index (χ3v) is 5.59. The summed E-state index contributed by atoms with van der Waals surface area (Å²) in [4.78, 5) is 22.8. The van der Waals surface area contributed by atoms with E-state index in [0.717, 1.165) is 53.3 Å². The molecule has 4 rings (SSSR count). The number of carbonyl (C=O) groups excluding carboxylic acids is 1. The number of ether oxygens (including phenoxy) is 1. The molecule has 1 aromatic carbocycles. The number of hydrogen-bond donors (Lipinski definition) is 2. The van der Waals surface area contributed by atoms with Gasteiger partial charge in [-0.15, -0.1) is 11.3 Å². The number of benzene rings is 1. The molecule has 2 aliphatic rings. The van der Waals surface area contributed by atoms with Gasteiger partial charge in [0.05, 0.1) is 19.2 Å². The van der Waals surface area contributed by atoms with E-state index in [0.29, 0.717) is 18.7 Å². The van der Waals surface area contributed by atoms with Crippen LogP contribution in [-0.2, 0) is 9.53 Å². The highest BCUT2D eigenvalue weighted by Gasteiger charge is 2.37. The first-order valence-electron chi connectivity index (χ1n) is 8.69. The number of esters is 1. The molecule has 0 bridgehead atoms. The maximum Gasteiger partial charge on any atom is 0.337 e. The first kappa shape index (κ1) is 22.3. The Balaban J connectivity index is 0.000000239. The summed E-state index contributed by atoms with van der Waals surface area (Å²) in [5, 5.41) is 8.26. The molecular formula is C18H18F3N5O2S2. The van der Waals surface area contributed by atoms with Gasteiger partial charge in [0.25, 0.3) is 0 Å². The fourth-order valence-corrected chi connectivity index (χ4v) is 4.05.